The van der Waals surface area contributed by atoms with Crippen LogP contribution in [0.1, 0.15) is 44.6 Å². The first-order valence-corrected chi connectivity index (χ1v) is 12.3. The molecule has 3 rings (SSSR count). The number of hydrogen-bond donors (Lipinski definition) is 1. The molecule has 0 heterocycles. The molecule has 2 amide bonds. The number of carbonyl (C=O) groups excluding carboxylic acids is 2. The minimum Gasteiger partial charge on any atom is -0.483 e. The topological polar surface area (TPSA) is 58.6 Å². The van der Waals surface area contributed by atoms with E-state index in [9.17, 15) is 9.59 Å². The van der Waals surface area contributed by atoms with Gasteiger partial charge in [-0.2, -0.15) is 0 Å². The van der Waals surface area contributed by atoms with E-state index >= 15 is 0 Å². The van der Waals surface area contributed by atoms with Gasteiger partial charge in [0.15, 0.2) is 6.61 Å². The molecule has 1 aliphatic rings. The van der Waals surface area contributed by atoms with Gasteiger partial charge >= 0.3 is 0 Å². The van der Waals surface area contributed by atoms with Crippen molar-refractivity contribution in [2.75, 3.05) is 6.61 Å². The highest BCUT2D eigenvalue weighted by Crippen LogP contribution is 2.28. The Labute approximate surface area is 207 Å². The van der Waals surface area contributed by atoms with Crippen LogP contribution in [0.25, 0.3) is 0 Å². The summed E-state index contributed by atoms with van der Waals surface area (Å²) >= 11 is 15.5. The molecule has 0 spiro atoms. The number of benzene rings is 2. The quantitative estimate of drug-likeness (QED) is 0.445. The molecule has 0 aromatic heterocycles. The SMILES string of the molecule is CC(C(=O)NC1CCCCC1)N(Cc1cccc(Cl)c1)C(=O)COc1ccc(Cl)cc1Br. The molecule has 8 heteroatoms. The van der Waals surface area contributed by atoms with Gasteiger partial charge in [0.05, 0.1) is 4.47 Å². The van der Waals surface area contributed by atoms with Crippen LogP contribution in [0.2, 0.25) is 10.0 Å². The predicted octanol–water partition coefficient (Wildman–Crippen LogP) is 6.00. The summed E-state index contributed by atoms with van der Waals surface area (Å²) in [7, 11) is 0. The summed E-state index contributed by atoms with van der Waals surface area (Å²) in [6.45, 7) is 1.80. The van der Waals surface area contributed by atoms with E-state index in [2.05, 4.69) is 21.2 Å². The van der Waals surface area contributed by atoms with Gasteiger partial charge in [0.25, 0.3) is 5.91 Å². The van der Waals surface area contributed by atoms with Crippen LogP contribution < -0.4 is 10.1 Å². The molecule has 1 fully saturated rings. The number of hydrogen-bond acceptors (Lipinski definition) is 3. The number of rotatable bonds is 8. The Morgan fingerprint density at radius 3 is 2.53 bits per heavy atom. The van der Waals surface area contributed by atoms with Crippen molar-refractivity contribution < 1.29 is 14.3 Å². The first kappa shape index (κ1) is 24.9. The molecule has 1 aliphatic carbocycles. The highest BCUT2D eigenvalue weighted by atomic mass is 79.9. The summed E-state index contributed by atoms with van der Waals surface area (Å²) in [5.74, 6) is 0.0582. The van der Waals surface area contributed by atoms with Crippen molar-refractivity contribution in [1.29, 1.82) is 0 Å². The van der Waals surface area contributed by atoms with E-state index < -0.39 is 6.04 Å². The van der Waals surface area contributed by atoms with Crippen molar-refractivity contribution in [2.45, 2.75) is 57.7 Å². The number of ether oxygens (including phenoxy) is 1. The molecule has 1 N–H and O–H groups in total. The average Bonchev–Trinajstić information content (AvgIpc) is 2.77. The fourth-order valence-electron chi connectivity index (χ4n) is 3.80. The van der Waals surface area contributed by atoms with Crippen LogP contribution >= 0.6 is 39.1 Å². The maximum Gasteiger partial charge on any atom is 0.261 e. The molecule has 0 aliphatic heterocycles. The maximum atomic E-state index is 13.2. The van der Waals surface area contributed by atoms with Crippen molar-refractivity contribution in [1.82, 2.24) is 10.2 Å². The lowest BCUT2D eigenvalue weighted by atomic mass is 9.95. The van der Waals surface area contributed by atoms with Gasteiger partial charge in [0.2, 0.25) is 5.91 Å². The highest BCUT2D eigenvalue weighted by molar-refractivity contribution is 9.10. The highest BCUT2D eigenvalue weighted by Gasteiger charge is 2.28. The zero-order valence-corrected chi connectivity index (χ0v) is 21.0. The third-order valence-electron chi connectivity index (χ3n) is 5.61. The van der Waals surface area contributed by atoms with Gasteiger partial charge in [0, 0.05) is 22.6 Å². The minimum absolute atomic E-state index is 0.153. The molecule has 0 radical (unpaired) electrons. The number of halogens is 3. The Morgan fingerprint density at radius 1 is 1.12 bits per heavy atom. The third-order valence-corrected chi connectivity index (χ3v) is 6.70. The molecule has 2 aromatic rings. The normalized spacial score (nSPS) is 15.1. The molecule has 1 saturated carbocycles. The van der Waals surface area contributed by atoms with Crippen LogP contribution in [0.15, 0.2) is 46.9 Å². The van der Waals surface area contributed by atoms with Gasteiger partial charge in [0.1, 0.15) is 11.8 Å². The van der Waals surface area contributed by atoms with Crippen molar-refractivity contribution in [3.05, 3.63) is 62.5 Å². The van der Waals surface area contributed by atoms with Crippen LogP contribution in [-0.2, 0) is 16.1 Å². The Morgan fingerprint density at radius 2 is 1.84 bits per heavy atom. The molecule has 172 valence electrons. The fourth-order valence-corrected chi connectivity index (χ4v) is 4.81. The lowest BCUT2D eigenvalue weighted by molar-refractivity contribution is -0.142. The molecular weight excluding hydrogens is 515 g/mol. The number of carbonyl (C=O) groups is 2. The Kier molecular flexibility index (Phi) is 9.26. The van der Waals surface area contributed by atoms with Gasteiger partial charge in [-0.1, -0.05) is 54.6 Å². The second-order valence-electron chi connectivity index (χ2n) is 8.03. The Bertz CT molecular complexity index is 951. The second kappa shape index (κ2) is 11.9. The summed E-state index contributed by atoms with van der Waals surface area (Å²) in [4.78, 5) is 27.7. The van der Waals surface area contributed by atoms with E-state index in [1.165, 1.54) is 11.3 Å². The Balaban J connectivity index is 1.72. The van der Waals surface area contributed by atoms with Gasteiger partial charge in [-0.05, 0) is 71.6 Å². The molecular formula is C24H27BrCl2N2O3. The summed E-state index contributed by atoms with van der Waals surface area (Å²) in [6, 6.07) is 11.9. The fraction of sp³-hybridized carbons (Fsp3) is 0.417. The van der Waals surface area contributed by atoms with Crippen LogP contribution in [0.4, 0.5) is 0 Å². The monoisotopic (exact) mass is 540 g/mol. The molecule has 2 aromatic carbocycles. The summed E-state index contributed by atoms with van der Waals surface area (Å²) in [5, 5.41) is 4.26. The predicted molar refractivity (Wildman–Crippen MR) is 131 cm³/mol. The summed E-state index contributed by atoms with van der Waals surface area (Å²) < 4.78 is 6.38. The van der Waals surface area contributed by atoms with E-state index in [1.807, 2.05) is 12.1 Å². The van der Waals surface area contributed by atoms with Gasteiger partial charge in [-0.15, -0.1) is 0 Å². The maximum absolute atomic E-state index is 13.2. The second-order valence-corrected chi connectivity index (χ2v) is 9.76. The third kappa shape index (κ3) is 7.12. The molecule has 5 nitrogen and oxygen atoms in total. The van der Waals surface area contributed by atoms with Gasteiger partial charge in [-0.3, -0.25) is 9.59 Å². The van der Waals surface area contributed by atoms with Crippen LogP contribution in [0.5, 0.6) is 5.75 Å². The smallest absolute Gasteiger partial charge is 0.261 e. The van der Waals surface area contributed by atoms with E-state index in [0.717, 1.165) is 31.2 Å². The van der Waals surface area contributed by atoms with Crippen molar-refractivity contribution in [2.24, 2.45) is 0 Å². The number of nitrogens with one attached hydrogen (secondary N) is 1. The lowest BCUT2D eigenvalue weighted by Gasteiger charge is -2.31. The van der Waals surface area contributed by atoms with Crippen molar-refractivity contribution in [3.63, 3.8) is 0 Å². The zero-order valence-electron chi connectivity index (χ0n) is 18.0. The average molecular weight is 542 g/mol. The Hall–Kier alpha value is -1.76. The van der Waals surface area contributed by atoms with Crippen LogP contribution in [0.3, 0.4) is 0 Å². The van der Waals surface area contributed by atoms with Crippen LogP contribution in [-0.4, -0.2) is 35.4 Å². The lowest BCUT2D eigenvalue weighted by Crippen LogP contribution is -2.51. The summed E-state index contributed by atoms with van der Waals surface area (Å²) in [6.07, 6.45) is 5.41. The van der Waals surface area contributed by atoms with Gasteiger partial charge in [-0.25, -0.2) is 0 Å². The van der Waals surface area contributed by atoms with E-state index in [1.54, 1.807) is 37.3 Å². The van der Waals surface area contributed by atoms with E-state index in [4.69, 9.17) is 27.9 Å². The van der Waals surface area contributed by atoms with E-state index in [0.29, 0.717) is 20.3 Å². The first-order valence-electron chi connectivity index (χ1n) is 10.8. The van der Waals surface area contributed by atoms with E-state index in [-0.39, 0.29) is 31.0 Å². The van der Waals surface area contributed by atoms with Crippen LogP contribution in [0, 0.1) is 0 Å². The summed E-state index contributed by atoms with van der Waals surface area (Å²) in [5.41, 5.74) is 0.843. The standard InChI is InChI=1S/C24H27BrCl2N2O3/c1-16(24(31)28-20-8-3-2-4-9-20)29(14-17-6-5-7-18(26)12-17)23(30)15-32-22-11-10-19(27)13-21(22)25/h5-7,10-13,16,20H,2-4,8-9,14-15H2,1H3,(H,28,31). The minimum atomic E-state index is -0.652. The van der Waals surface area contributed by atoms with Crippen molar-refractivity contribution >= 4 is 50.9 Å². The largest absolute Gasteiger partial charge is 0.483 e. The van der Waals surface area contributed by atoms with Crippen molar-refractivity contribution in [3.8, 4) is 5.75 Å². The first-order chi connectivity index (χ1) is 15.3. The molecule has 32 heavy (non-hydrogen) atoms. The zero-order chi connectivity index (χ0) is 23.1. The number of nitrogens with zero attached hydrogens (tertiary/aromatic N) is 1. The number of amides is 2. The molecule has 1 unspecified atom stereocenters. The molecule has 0 saturated heterocycles. The molecule has 0 bridgehead atoms. The molecule has 1 atom stereocenters. The van der Waals surface area contributed by atoms with Gasteiger partial charge < -0.3 is 15.0 Å².